The molecule has 0 unspecified atom stereocenters. The second-order valence-corrected chi connectivity index (χ2v) is 9.58. The average Bonchev–Trinajstić information content (AvgIpc) is 3.28. The Labute approximate surface area is 182 Å². The fourth-order valence-electron chi connectivity index (χ4n) is 3.07. The molecule has 1 aromatic carbocycles. The Morgan fingerprint density at radius 2 is 1.94 bits per heavy atom. The number of nitrogens with one attached hydrogen (secondary N) is 1. The van der Waals surface area contributed by atoms with Crippen molar-refractivity contribution in [3.63, 3.8) is 0 Å². The van der Waals surface area contributed by atoms with Crippen molar-refractivity contribution in [2.75, 3.05) is 26.3 Å². The van der Waals surface area contributed by atoms with Crippen LogP contribution in [0.25, 0.3) is 11.3 Å². The molecule has 31 heavy (non-hydrogen) atoms. The lowest BCUT2D eigenvalue weighted by molar-refractivity contribution is 0.0730. The van der Waals surface area contributed by atoms with Gasteiger partial charge in [-0.05, 0) is 30.3 Å². The van der Waals surface area contributed by atoms with Crippen LogP contribution in [0.3, 0.4) is 0 Å². The SMILES string of the molecule is O=C(NCc1nc(-c2ccncc2)cs1)c1cc(S(=O)(=O)N2CCOCC2)ccc1F. The average molecular weight is 463 g/mol. The van der Waals surface area contributed by atoms with Crippen molar-refractivity contribution in [2.24, 2.45) is 0 Å². The molecule has 0 aliphatic carbocycles. The van der Waals surface area contributed by atoms with Crippen molar-refractivity contribution >= 4 is 27.3 Å². The third-order valence-corrected chi connectivity index (χ3v) is 7.46. The van der Waals surface area contributed by atoms with E-state index in [0.717, 1.165) is 23.4 Å². The third kappa shape index (κ3) is 4.79. The number of pyridine rings is 1. The Morgan fingerprint density at radius 3 is 2.68 bits per heavy atom. The third-order valence-electron chi connectivity index (χ3n) is 4.72. The Balaban J connectivity index is 1.47. The minimum atomic E-state index is -3.84. The predicted molar refractivity (Wildman–Crippen MR) is 112 cm³/mol. The first-order valence-corrected chi connectivity index (χ1v) is 11.8. The fraction of sp³-hybridized carbons (Fsp3) is 0.250. The molecule has 1 N–H and O–H groups in total. The minimum Gasteiger partial charge on any atom is -0.379 e. The number of ether oxygens (including phenoxy) is 1. The summed E-state index contributed by atoms with van der Waals surface area (Å²) in [6.07, 6.45) is 3.33. The highest BCUT2D eigenvalue weighted by molar-refractivity contribution is 7.89. The van der Waals surface area contributed by atoms with E-state index in [1.165, 1.54) is 21.7 Å². The molecule has 3 heterocycles. The molecule has 1 saturated heterocycles. The number of benzene rings is 1. The molecule has 2 aromatic heterocycles. The van der Waals surface area contributed by atoms with Gasteiger partial charge in [0.1, 0.15) is 10.8 Å². The zero-order chi connectivity index (χ0) is 21.8. The zero-order valence-electron chi connectivity index (χ0n) is 16.3. The lowest BCUT2D eigenvalue weighted by atomic mass is 10.2. The lowest BCUT2D eigenvalue weighted by Gasteiger charge is -2.26. The summed E-state index contributed by atoms with van der Waals surface area (Å²) in [4.78, 5) is 20.8. The summed E-state index contributed by atoms with van der Waals surface area (Å²) in [5, 5.41) is 5.10. The van der Waals surface area contributed by atoms with Crippen LogP contribution in [0, 0.1) is 5.82 Å². The maximum absolute atomic E-state index is 14.3. The van der Waals surface area contributed by atoms with E-state index in [2.05, 4.69) is 15.3 Å². The van der Waals surface area contributed by atoms with E-state index in [0.29, 0.717) is 18.2 Å². The predicted octanol–water partition coefficient (Wildman–Crippen LogP) is 2.30. The van der Waals surface area contributed by atoms with Crippen LogP contribution in [0.5, 0.6) is 0 Å². The van der Waals surface area contributed by atoms with E-state index >= 15 is 0 Å². The highest BCUT2D eigenvalue weighted by Crippen LogP contribution is 2.22. The number of rotatable bonds is 6. The Kier molecular flexibility index (Phi) is 6.37. The van der Waals surface area contributed by atoms with Crippen molar-refractivity contribution < 1.29 is 22.3 Å². The Hall–Kier alpha value is -2.73. The van der Waals surface area contributed by atoms with Crippen LogP contribution < -0.4 is 5.32 Å². The van der Waals surface area contributed by atoms with Crippen molar-refractivity contribution in [1.29, 1.82) is 0 Å². The summed E-state index contributed by atoms with van der Waals surface area (Å²) in [5.41, 5.74) is 1.32. The number of sulfonamides is 1. The molecule has 0 spiro atoms. The van der Waals surface area contributed by atoms with Gasteiger partial charge in [0, 0.05) is 36.4 Å². The number of halogens is 1. The summed E-state index contributed by atoms with van der Waals surface area (Å²) in [6, 6.07) is 6.88. The summed E-state index contributed by atoms with van der Waals surface area (Å²) >= 11 is 1.36. The van der Waals surface area contributed by atoms with E-state index in [9.17, 15) is 17.6 Å². The van der Waals surface area contributed by atoms with Crippen LogP contribution in [0.4, 0.5) is 4.39 Å². The maximum atomic E-state index is 14.3. The van der Waals surface area contributed by atoms with E-state index in [-0.39, 0.29) is 30.1 Å². The fourth-order valence-corrected chi connectivity index (χ4v) is 5.25. The van der Waals surface area contributed by atoms with Crippen molar-refractivity contribution in [2.45, 2.75) is 11.4 Å². The summed E-state index contributed by atoms with van der Waals surface area (Å²) in [7, 11) is -3.84. The second kappa shape index (κ2) is 9.18. The molecular weight excluding hydrogens is 443 g/mol. The van der Waals surface area contributed by atoms with E-state index < -0.39 is 21.7 Å². The van der Waals surface area contributed by atoms with Crippen LogP contribution in [-0.4, -0.2) is 54.9 Å². The van der Waals surface area contributed by atoms with Crippen LogP contribution in [0.2, 0.25) is 0 Å². The van der Waals surface area contributed by atoms with Gasteiger partial charge in [0.05, 0.1) is 35.9 Å². The Morgan fingerprint density at radius 1 is 1.19 bits per heavy atom. The van der Waals surface area contributed by atoms with Crippen LogP contribution >= 0.6 is 11.3 Å². The number of hydrogen-bond acceptors (Lipinski definition) is 7. The van der Waals surface area contributed by atoms with Crippen LogP contribution in [0.15, 0.2) is 53.0 Å². The highest BCUT2D eigenvalue weighted by Gasteiger charge is 2.28. The molecule has 0 saturated carbocycles. The minimum absolute atomic E-state index is 0.0917. The van der Waals surface area contributed by atoms with Gasteiger partial charge < -0.3 is 10.1 Å². The first-order valence-electron chi connectivity index (χ1n) is 9.45. The van der Waals surface area contributed by atoms with Gasteiger partial charge in [-0.15, -0.1) is 11.3 Å². The van der Waals surface area contributed by atoms with E-state index in [1.807, 2.05) is 17.5 Å². The quantitative estimate of drug-likeness (QED) is 0.603. The topological polar surface area (TPSA) is 101 Å². The van der Waals surface area contributed by atoms with Gasteiger partial charge in [-0.2, -0.15) is 4.31 Å². The number of hydrogen-bond donors (Lipinski definition) is 1. The number of carbonyl (C=O) groups is 1. The molecule has 3 aromatic rings. The molecule has 4 rings (SSSR count). The molecule has 1 aliphatic heterocycles. The van der Waals surface area contributed by atoms with Crippen LogP contribution in [0.1, 0.15) is 15.4 Å². The monoisotopic (exact) mass is 462 g/mol. The van der Waals surface area contributed by atoms with Gasteiger partial charge in [-0.25, -0.2) is 17.8 Å². The van der Waals surface area contributed by atoms with Gasteiger partial charge in [0.2, 0.25) is 10.0 Å². The molecule has 0 atom stereocenters. The number of amides is 1. The van der Waals surface area contributed by atoms with Crippen molar-refractivity contribution in [3.05, 3.63) is 64.5 Å². The van der Waals surface area contributed by atoms with E-state index in [4.69, 9.17) is 4.74 Å². The molecular formula is C20H19FN4O4S2. The maximum Gasteiger partial charge on any atom is 0.254 e. The number of aromatic nitrogens is 2. The van der Waals surface area contributed by atoms with Gasteiger partial charge in [-0.1, -0.05) is 0 Å². The van der Waals surface area contributed by atoms with Crippen molar-refractivity contribution in [3.8, 4) is 11.3 Å². The number of thiazole rings is 1. The molecule has 162 valence electrons. The lowest BCUT2D eigenvalue weighted by Crippen LogP contribution is -2.40. The zero-order valence-corrected chi connectivity index (χ0v) is 18.0. The molecule has 11 heteroatoms. The summed E-state index contributed by atoms with van der Waals surface area (Å²) in [5.74, 6) is -1.51. The largest absolute Gasteiger partial charge is 0.379 e. The number of nitrogens with zero attached hydrogens (tertiary/aromatic N) is 3. The standard InChI is InChI=1S/C20H19FN4O4S2/c21-17-2-1-15(31(27,28)25-7-9-29-10-8-25)11-16(17)20(26)23-12-19-24-18(13-30-19)14-3-5-22-6-4-14/h1-6,11,13H,7-10,12H2,(H,23,26). The van der Waals surface area contributed by atoms with Crippen molar-refractivity contribution in [1.82, 2.24) is 19.6 Å². The van der Waals surface area contributed by atoms with Gasteiger partial charge in [0.15, 0.2) is 0 Å². The highest BCUT2D eigenvalue weighted by atomic mass is 32.2. The first kappa shape index (κ1) is 21.5. The molecule has 1 fully saturated rings. The summed E-state index contributed by atoms with van der Waals surface area (Å²) < 4.78 is 46.3. The molecule has 1 aliphatic rings. The van der Waals surface area contributed by atoms with Gasteiger partial charge >= 0.3 is 0 Å². The number of morpholine rings is 1. The van der Waals surface area contributed by atoms with E-state index in [1.54, 1.807) is 12.4 Å². The normalized spacial score (nSPS) is 15.0. The smallest absolute Gasteiger partial charge is 0.254 e. The molecule has 8 nitrogen and oxygen atoms in total. The Bertz CT molecular complexity index is 1180. The molecule has 0 bridgehead atoms. The second-order valence-electron chi connectivity index (χ2n) is 6.70. The van der Waals surface area contributed by atoms with Gasteiger partial charge in [0.25, 0.3) is 5.91 Å². The summed E-state index contributed by atoms with van der Waals surface area (Å²) in [6.45, 7) is 1.11. The molecule has 0 radical (unpaired) electrons. The van der Waals surface area contributed by atoms with Gasteiger partial charge in [-0.3, -0.25) is 9.78 Å². The number of carbonyl (C=O) groups excluding carboxylic acids is 1. The first-order chi connectivity index (χ1) is 14.9. The van der Waals surface area contributed by atoms with Crippen LogP contribution in [-0.2, 0) is 21.3 Å². The molecule has 1 amide bonds.